The van der Waals surface area contributed by atoms with Gasteiger partial charge in [-0.15, -0.1) is 0 Å². The molecule has 18 heteroatoms. The smallest absolute Gasteiger partial charge is 0.254 e. The van der Waals surface area contributed by atoms with Crippen molar-refractivity contribution < 1.29 is 44.2 Å². The number of amides is 1. The van der Waals surface area contributed by atoms with Crippen LogP contribution in [0.3, 0.4) is 0 Å². The molecule has 4 rings (SSSR count). The summed E-state index contributed by atoms with van der Waals surface area (Å²) < 4.78 is 24.0. The Bertz CT molecular complexity index is 1070. The van der Waals surface area contributed by atoms with Gasteiger partial charge in [-0.2, -0.15) is 0 Å². The van der Waals surface area contributed by atoms with Crippen molar-refractivity contribution in [2.75, 3.05) is 33.3 Å². The Kier molecular flexibility index (Phi) is 11.6. The quantitative estimate of drug-likeness (QED) is 0.0504. The second kappa shape index (κ2) is 14.7. The van der Waals surface area contributed by atoms with Gasteiger partial charge in [0.15, 0.2) is 17.9 Å². The lowest BCUT2D eigenvalue weighted by atomic mass is 9.83. The third kappa shape index (κ3) is 8.21. The molecule has 0 aromatic carbocycles. The molecule has 258 valence electrons. The summed E-state index contributed by atoms with van der Waals surface area (Å²) in [6.45, 7) is 2.99. The number of carbonyl (C=O) groups is 1. The highest BCUT2D eigenvalue weighted by atomic mass is 16.7. The number of guanidine groups is 1. The first-order valence-electron chi connectivity index (χ1n) is 15.3. The second-order valence-corrected chi connectivity index (χ2v) is 12.6. The van der Waals surface area contributed by atoms with Crippen molar-refractivity contribution >= 4 is 11.9 Å². The summed E-state index contributed by atoms with van der Waals surface area (Å²) in [5.41, 5.74) is 20.4. The average Bonchev–Trinajstić information content (AvgIpc) is 3.63. The number of nitrogens with two attached hydrogens (primary N) is 4. The number of aliphatic hydroxyl groups excluding tert-OH is 2. The zero-order valence-electron chi connectivity index (χ0n) is 25.7. The van der Waals surface area contributed by atoms with E-state index in [2.05, 4.69) is 21.3 Å². The molecule has 17 N–H and O–H groups in total. The lowest BCUT2D eigenvalue weighted by molar-refractivity contribution is -0.304. The van der Waals surface area contributed by atoms with Crippen LogP contribution in [0.15, 0.2) is 11.8 Å². The molecule has 45 heavy (non-hydrogen) atoms. The molecule has 2 aliphatic carbocycles. The maximum atomic E-state index is 13.2. The molecule has 0 aromatic rings. The first-order chi connectivity index (χ1) is 21.2. The van der Waals surface area contributed by atoms with Crippen molar-refractivity contribution in [1.82, 2.24) is 21.3 Å². The molecular weight excluding hydrogens is 594 g/mol. The zero-order chi connectivity index (χ0) is 33.1. The molecule has 0 radical (unpaired) electrons. The molecule has 4 aliphatic rings. The lowest BCUT2D eigenvalue weighted by Gasteiger charge is -2.49. The van der Waals surface area contributed by atoms with Crippen LogP contribution in [-0.2, 0) is 23.7 Å². The van der Waals surface area contributed by atoms with Crippen LogP contribution in [0, 0.1) is 5.41 Å². The Morgan fingerprint density at radius 1 is 1.13 bits per heavy atom. The summed E-state index contributed by atoms with van der Waals surface area (Å²) >= 11 is 0. The first-order valence-corrected chi connectivity index (χ1v) is 15.3. The summed E-state index contributed by atoms with van der Waals surface area (Å²) in [7, 11) is 1.57. The van der Waals surface area contributed by atoms with Gasteiger partial charge in [-0.05, 0) is 52.4 Å². The van der Waals surface area contributed by atoms with E-state index in [4.69, 9.17) is 47.3 Å². The summed E-state index contributed by atoms with van der Waals surface area (Å²) in [5.74, 6) is -0.564. The van der Waals surface area contributed by atoms with E-state index in [1.54, 1.807) is 7.05 Å². The molecule has 2 saturated carbocycles. The van der Waals surface area contributed by atoms with Gasteiger partial charge < -0.3 is 83.6 Å². The minimum absolute atomic E-state index is 0.00816. The number of aliphatic hydroxyl groups is 4. The molecule has 18 nitrogen and oxygen atoms in total. The Balaban J connectivity index is 1.50. The van der Waals surface area contributed by atoms with Gasteiger partial charge in [0.25, 0.3) is 5.91 Å². The standard InChI is InChI=1S/C27H51N9O9/c1-26(40)11-42-23(18(38)21(26)33-2)45-20-15(35-24(39)27(41)9-16(27)36-25(31)32)8-14(30)19(17(20)37)44-22-13(29)5-4-12(43-22)10-34-7-3-6-28/h4,13-23,33-34,37-38,40-41H,3,5-11,28-30H2,1-2H3,(H,35,39)(H4,31,32,36)/t13-,14+,15-,16?,17+,18-,19?,20+,21-,22-,23-,26+,27?/m1/s1. The van der Waals surface area contributed by atoms with E-state index in [9.17, 15) is 25.2 Å². The summed E-state index contributed by atoms with van der Waals surface area (Å²) in [6, 6.07) is -4.00. The molecule has 0 aromatic heterocycles. The Morgan fingerprint density at radius 2 is 1.84 bits per heavy atom. The van der Waals surface area contributed by atoms with E-state index in [0.717, 1.165) is 6.42 Å². The first kappa shape index (κ1) is 35.7. The molecule has 2 heterocycles. The van der Waals surface area contributed by atoms with E-state index in [1.165, 1.54) is 6.92 Å². The normalized spacial score (nSPS) is 43.1. The molecule has 13 atom stereocenters. The van der Waals surface area contributed by atoms with Crippen LogP contribution in [-0.4, -0.2) is 144 Å². The van der Waals surface area contributed by atoms with Gasteiger partial charge in [0.05, 0.1) is 37.3 Å². The fraction of sp³-hybridized carbons (Fsp3) is 0.852. The number of likely N-dealkylation sites (N-methyl/N-ethyl adjacent to an activating group) is 1. The van der Waals surface area contributed by atoms with E-state index in [-0.39, 0.29) is 19.4 Å². The lowest BCUT2D eigenvalue weighted by Crippen LogP contribution is -2.69. The van der Waals surface area contributed by atoms with Crippen molar-refractivity contribution in [3.63, 3.8) is 0 Å². The summed E-state index contributed by atoms with van der Waals surface area (Å²) in [6.07, 6.45) is -4.32. The largest absolute Gasteiger partial charge is 0.467 e. The topological polar surface area (TPSA) is 311 Å². The third-order valence-corrected chi connectivity index (χ3v) is 8.80. The number of nitrogens with one attached hydrogen (secondary N) is 5. The van der Waals surface area contributed by atoms with Gasteiger partial charge in [0.1, 0.15) is 35.8 Å². The van der Waals surface area contributed by atoms with E-state index < -0.39 is 90.3 Å². The number of hydrogen-bond donors (Lipinski definition) is 13. The second-order valence-electron chi connectivity index (χ2n) is 12.6. The maximum Gasteiger partial charge on any atom is 0.254 e. The van der Waals surface area contributed by atoms with Crippen LogP contribution in [0.25, 0.3) is 0 Å². The zero-order valence-corrected chi connectivity index (χ0v) is 25.7. The summed E-state index contributed by atoms with van der Waals surface area (Å²) in [5, 5.41) is 62.9. The number of ether oxygens (including phenoxy) is 4. The van der Waals surface area contributed by atoms with Crippen LogP contribution >= 0.6 is 0 Å². The SMILES string of the molecule is CN[C@@H]1[C@@H](O)[C@@H](O[C@H]2[C@H](NC(=O)C3(O)CC3NC(=N)N)C[C@H](N)C(O[C@H]3OC(CNCCCN)=CC[C@H]3N)[C@@H]2O)OC[C@]1(C)O. The molecule has 1 saturated heterocycles. The highest BCUT2D eigenvalue weighted by molar-refractivity contribution is 5.91. The van der Waals surface area contributed by atoms with E-state index in [1.807, 2.05) is 6.08 Å². The molecule has 0 spiro atoms. The third-order valence-electron chi connectivity index (χ3n) is 8.80. The van der Waals surface area contributed by atoms with Crippen LogP contribution in [0.4, 0.5) is 0 Å². The van der Waals surface area contributed by atoms with Gasteiger partial charge >= 0.3 is 0 Å². The molecule has 1 amide bonds. The monoisotopic (exact) mass is 645 g/mol. The van der Waals surface area contributed by atoms with Crippen LogP contribution in [0.2, 0.25) is 0 Å². The van der Waals surface area contributed by atoms with E-state index in [0.29, 0.717) is 31.8 Å². The van der Waals surface area contributed by atoms with Crippen LogP contribution in [0.1, 0.15) is 32.6 Å². The van der Waals surface area contributed by atoms with Gasteiger partial charge in [0, 0.05) is 12.5 Å². The molecule has 3 fully saturated rings. The molecule has 3 unspecified atom stereocenters. The van der Waals surface area contributed by atoms with Crippen molar-refractivity contribution in [3.8, 4) is 0 Å². The van der Waals surface area contributed by atoms with Crippen molar-refractivity contribution in [2.45, 2.75) is 111 Å². The Labute approximate surface area is 262 Å². The highest BCUT2D eigenvalue weighted by Crippen LogP contribution is 2.37. The predicted octanol–water partition coefficient (Wildman–Crippen LogP) is -5.73. The van der Waals surface area contributed by atoms with Crippen LogP contribution < -0.4 is 44.2 Å². The predicted molar refractivity (Wildman–Crippen MR) is 160 cm³/mol. The number of rotatable bonds is 13. The fourth-order valence-electron chi connectivity index (χ4n) is 6.11. The van der Waals surface area contributed by atoms with Gasteiger partial charge in [-0.25, -0.2) is 0 Å². The number of carbonyl (C=O) groups excluding carboxylic acids is 1. The molecule has 0 bridgehead atoms. The van der Waals surface area contributed by atoms with Gasteiger partial charge in [0.2, 0.25) is 6.29 Å². The minimum Gasteiger partial charge on any atom is -0.467 e. The minimum atomic E-state index is -1.85. The van der Waals surface area contributed by atoms with Crippen molar-refractivity contribution in [3.05, 3.63) is 11.8 Å². The molecular formula is C27H51N9O9. The fourth-order valence-corrected chi connectivity index (χ4v) is 6.11. The van der Waals surface area contributed by atoms with Crippen molar-refractivity contribution in [1.29, 1.82) is 5.41 Å². The molecule has 2 aliphatic heterocycles. The average molecular weight is 646 g/mol. The summed E-state index contributed by atoms with van der Waals surface area (Å²) in [4.78, 5) is 13.2. The van der Waals surface area contributed by atoms with E-state index >= 15 is 0 Å². The van der Waals surface area contributed by atoms with Crippen LogP contribution in [0.5, 0.6) is 0 Å². The van der Waals surface area contributed by atoms with Gasteiger partial charge in [-0.3, -0.25) is 10.2 Å². The Morgan fingerprint density at radius 3 is 2.51 bits per heavy atom. The maximum absolute atomic E-state index is 13.2. The number of hydrogen-bond acceptors (Lipinski definition) is 15. The van der Waals surface area contributed by atoms with Crippen molar-refractivity contribution in [2.24, 2.45) is 22.9 Å². The Hall–Kier alpha value is -2.20. The highest BCUT2D eigenvalue weighted by Gasteiger charge is 2.61. The van der Waals surface area contributed by atoms with Gasteiger partial charge in [-0.1, -0.05) is 0 Å².